The summed E-state index contributed by atoms with van der Waals surface area (Å²) in [6, 6.07) is 39.5. The molecule has 0 saturated carbocycles. The van der Waals surface area contributed by atoms with Crippen LogP contribution >= 0.6 is 0 Å². The van der Waals surface area contributed by atoms with E-state index in [4.69, 9.17) is 33.2 Å². The van der Waals surface area contributed by atoms with Crippen LogP contribution in [-0.2, 0) is 43.3 Å². The van der Waals surface area contributed by atoms with Gasteiger partial charge in [0.1, 0.15) is 0 Å². The minimum atomic E-state index is -0.254. The number of fused-ring (bicyclic) bond motifs is 3. The van der Waals surface area contributed by atoms with Crippen LogP contribution < -0.4 is 5.32 Å². The third kappa shape index (κ3) is 23.5. The zero-order valence-electron chi connectivity index (χ0n) is 47.7. The van der Waals surface area contributed by atoms with Gasteiger partial charge in [0, 0.05) is 51.5 Å². The molecule has 1 aliphatic heterocycles. The highest BCUT2D eigenvalue weighted by atomic mass is 16.5. The molecule has 4 aromatic rings. The van der Waals surface area contributed by atoms with Crippen molar-refractivity contribution in [2.24, 2.45) is 10.8 Å². The summed E-state index contributed by atoms with van der Waals surface area (Å²) in [5.74, 6) is 0. The monoisotopic (exact) mass is 988 g/mol. The maximum Gasteiger partial charge on any atom is 0.0713 e. The van der Waals surface area contributed by atoms with Gasteiger partial charge in [0.15, 0.2) is 0 Å². The van der Waals surface area contributed by atoms with Crippen molar-refractivity contribution in [1.29, 1.82) is 0 Å². The molecular weight excluding hydrogens is 887 g/mol. The lowest BCUT2D eigenvalue weighted by molar-refractivity contribution is -0.152. The smallest absolute Gasteiger partial charge is 0.0713 e. The molecule has 1 N–H and O–H groups in total. The van der Waals surface area contributed by atoms with E-state index in [-0.39, 0.29) is 22.0 Å². The molecule has 0 amide bonds. The fourth-order valence-corrected chi connectivity index (χ4v) is 8.38. The van der Waals surface area contributed by atoms with Crippen molar-refractivity contribution >= 4 is 0 Å². The maximum absolute atomic E-state index is 5.74. The van der Waals surface area contributed by atoms with Crippen molar-refractivity contribution in [2.45, 2.75) is 132 Å². The molecule has 0 radical (unpaired) electrons. The molecule has 0 atom stereocenters. The minimum Gasteiger partial charge on any atom is -0.388 e. The van der Waals surface area contributed by atoms with Crippen molar-refractivity contribution in [3.63, 3.8) is 0 Å². The predicted molar refractivity (Wildman–Crippen MR) is 299 cm³/mol. The summed E-state index contributed by atoms with van der Waals surface area (Å²) in [5, 5.41) is 2.75. The van der Waals surface area contributed by atoms with Crippen LogP contribution in [0.25, 0.3) is 11.1 Å². The molecule has 1 heterocycles. The highest BCUT2D eigenvalue weighted by Crippen LogP contribution is 2.55. The van der Waals surface area contributed by atoms with Gasteiger partial charge in [-0.05, 0) is 128 Å². The Labute approximate surface area is 434 Å². The van der Waals surface area contributed by atoms with Crippen molar-refractivity contribution < 1.29 is 37.9 Å². The van der Waals surface area contributed by atoms with Crippen LogP contribution in [0, 0.1) is 10.8 Å². The van der Waals surface area contributed by atoms with Gasteiger partial charge in [-0.1, -0.05) is 144 Å². The third-order valence-corrected chi connectivity index (χ3v) is 11.5. The van der Waals surface area contributed by atoms with E-state index in [1.54, 1.807) is 14.2 Å². The van der Waals surface area contributed by atoms with Gasteiger partial charge in [0.2, 0.25) is 0 Å². The van der Waals surface area contributed by atoms with Crippen molar-refractivity contribution in [2.75, 3.05) is 108 Å². The summed E-state index contributed by atoms with van der Waals surface area (Å²) < 4.78 is 43.0. The second-order valence-corrected chi connectivity index (χ2v) is 20.4. The Morgan fingerprint density at radius 1 is 0.507 bits per heavy atom. The largest absolute Gasteiger partial charge is 0.388 e. The van der Waals surface area contributed by atoms with Gasteiger partial charge < -0.3 is 43.2 Å². The van der Waals surface area contributed by atoms with Crippen LogP contribution in [0.5, 0.6) is 0 Å². The molecule has 6 rings (SSSR count). The topological polar surface area (TPSA) is 85.9 Å². The van der Waals surface area contributed by atoms with Crippen LogP contribution in [-0.4, -0.2) is 119 Å². The Balaban J connectivity index is 0.000000484. The minimum absolute atomic E-state index is 0.0156. The Hall–Kier alpha value is -3.48. The number of rotatable bonds is 22. The number of hydrogen-bond donors (Lipinski definition) is 1. The van der Waals surface area contributed by atoms with E-state index in [0.717, 1.165) is 98.2 Å². The quantitative estimate of drug-likeness (QED) is 0.0682. The van der Waals surface area contributed by atoms with Gasteiger partial charge in [-0.3, -0.25) is 0 Å². The second-order valence-electron chi connectivity index (χ2n) is 20.4. The van der Waals surface area contributed by atoms with E-state index in [1.165, 1.54) is 33.4 Å². The molecule has 402 valence electrons. The average Bonchev–Trinajstić information content (AvgIpc) is 3.64. The van der Waals surface area contributed by atoms with E-state index < -0.39 is 0 Å². The van der Waals surface area contributed by atoms with Crippen LogP contribution in [0.15, 0.2) is 109 Å². The molecule has 4 aromatic carbocycles. The van der Waals surface area contributed by atoms with Gasteiger partial charge in [-0.25, -0.2) is 0 Å². The van der Waals surface area contributed by atoms with E-state index in [1.807, 2.05) is 21.0 Å². The standard InChI is InChI=1S/C25H18.C15H32O3.C10H20O3.C8H18O.C2H7N.C2H6O/c1-3-11-19(12-4-1)25(20-13-5-2-6-14-20)23-17-9-7-15-21(23)22-16-8-10-18-24(22)25;1-5-9-16-12-15(8-4,13-17-10-6-2)14-18-11-7-3;1-3-10(8-13-9-10)7-12-6-5-11-4-2;1-7(2,3)9-8(4,5)6;2*1-3-2/h1-18H;5-14H2,1-4H3;3-9H2,1-2H3;1-6H3;3H,1-2H3;1-2H3. The van der Waals surface area contributed by atoms with Gasteiger partial charge >= 0.3 is 0 Å². The number of methoxy groups -OCH3 is 1. The SMILES string of the molecule is CC(C)(C)OC(C)(C)C.CCCOCC(CC)(COCCC)COCCC.CCOCCOCC1(CC)COC1.CNC.COC.c1ccc(C2(c3ccccc3)c3ccccc3-c3ccccc32)cc1. The molecule has 0 aromatic heterocycles. The Kier molecular flexibility index (Phi) is 33.6. The zero-order valence-corrected chi connectivity index (χ0v) is 47.7. The van der Waals surface area contributed by atoms with Crippen molar-refractivity contribution in [3.8, 4) is 11.1 Å². The van der Waals surface area contributed by atoms with Gasteiger partial charge in [0.25, 0.3) is 0 Å². The summed E-state index contributed by atoms with van der Waals surface area (Å²) in [5.41, 5.74) is 8.11. The molecule has 9 heteroatoms. The summed E-state index contributed by atoms with van der Waals surface area (Å²) in [6.45, 7) is 34.6. The first-order chi connectivity index (χ1) is 34.0. The van der Waals surface area contributed by atoms with Gasteiger partial charge in [-0.2, -0.15) is 0 Å². The van der Waals surface area contributed by atoms with E-state index in [0.29, 0.717) is 18.6 Å². The second kappa shape index (κ2) is 36.4. The fourth-order valence-electron chi connectivity index (χ4n) is 8.38. The van der Waals surface area contributed by atoms with Crippen LogP contribution in [0.4, 0.5) is 0 Å². The highest BCUT2D eigenvalue weighted by Gasteiger charge is 2.45. The summed E-state index contributed by atoms with van der Waals surface area (Å²) in [7, 11) is 7.00. The summed E-state index contributed by atoms with van der Waals surface area (Å²) in [4.78, 5) is 0. The maximum atomic E-state index is 5.74. The molecule has 1 saturated heterocycles. The van der Waals surface area contributed by atoms with Crippen molar-refractivity contribution in [3.05, 3.63) is 131 Å². The molecule has 9 nitrogen and oxygen atoms in total. The predicted octanol–water partition coefficient (Wildman–Crippen LogP) is 13.9. The molecule has 0 spiro atoms. The number of hydrogen-bond acceptors (Lipinski definition) is 9. The first-order valence-electron chi connectivity index (χ1n) is 26.5. The van der Waals surface area contributed by atoms with Crippen LogP contribution in [0.3, 0.4) is 0 Å². The normalized spacial score (nSPS) is 13.9. The van der Waals surface area contributed by atoms with Crippen molar-refractivity contribution in [1.82, 2.24) is 5.32 Å². The Bertz CT molecular complexity index is 1740. The fraction of sp³-hybridized carbons (Fsp3) is 0.613. The number of benzene rings is 4. The average molecular weight is 988 g/mol. The lowest BCUT2D eigenvalue weighted by atomic mass is 9.68. The Morgan fingerprint density at radius 3 is 1.17 bits per heavy atom. The number of ether oxygens (including phenoxy) is 8. The van der Waals surface area contributed by atoms with Gasteiger partial charge in [-0.15, -0.1) is 0 Å². The van der Waals surface area contributed by atoms with E-state index >= 15 is 0 Å². The molecule has 71 heavy (non-hydrogen) atoms. The summed E-state index contributed by atoms with van der Waals surface area (Å²) in [6.07, 6.45) is 5.36. The lowest BCUT2D eigenvalue weighted by Gasteiger charge is -2.40. The Morgan fingerprint density at radius 2 is 0.873 bits per heavy atom. The highest BCUT2D eigenvalue weighted by molar-refractivity contribution is 5.86. The molecule has 1 aliphatic carbocycles. The van der Waals surface area contributed by atoms with Crippen LogP contribution in [0.2, 0.25) is 0 Å². The molecule has 1 fully saturated rings. The van der Waals surface area contributed by atoms with Crippen LogP contribution in [0.1, 0.15) is 137 Å². The third-order valence-electron chi connectivity index (χ3n) is 11.5. The first kappa shape index (κ1) is 65.5. The molecule has 0 bridgehead atoms. The van der Waals surface area contributed by atoms with E-state index in [2.05, 4.69) is 195 Å². The molecular formula is C62H101NO8. The molecule has 0 unspecified atom stereocenters. The van der Waals surface area contributed by atoms with Gasteiger partial charge in [0.05, 0.1) is 69.5 Å². The lowest BCUT2D eigenvalue weighted by Crippen LogP contribution is -2.45. The molecule has 2 aliphatic rings. The van der Waals surface area contributed by atoms with E-state index in [9.17, 15) is 0 Å². The zero-order chi connectivity index (χ0) is 53.1. The number of nitrogens with one attached hydrogen (secondary N) is 1. The first-order valence-corrected chi connectivity index (χ1v) is 26.5. The summed E-state index contributed by atoms with van der Waals surface area (Å²) >= 11 is 0.